The fourth-order valence-electron chi connectivity index (χ4n) is 2.18. The Balaban J connectivity index is 2.85. The Labute approximate surface area is 116 Å². The highest BCUT2D eigenvalue weighted by Gasteiger charge is 2.22. The number of rotatable bonds is 6. The van der Waals surface area contributed by atoms with E-state index < -0.39 is 0 Å². The summed E-state index contributed by atoms with van der Waals surface area (Å²) < 4.78 is 0. The van der Waals surface area contributed by atoms with E-state index in [-0.39, 0.29) is 11.3 Å². The summed E-state index contributed by atoms with van der Waals surface area (Å²) in [7, 11) is 0. The first-order valence-corrected chi connectivity index (χ1v) is 7.86. The van der Waals surface area contributed by atoms with E-state index in [0.29, 0.717) is 5.78 Å². The Morgan fingerprint density at radius 1 is 1.17 bits per heavy atom. The standard InChI is InChI=1S/C16H26OS/c1-6-8-12(9-7-2)15(17)13-10-11-14(18-13)16(3,4)5/h10-12H,6-9H2,1-5H3. The number of carbonyl (C=O) groups excluding carboxylic acids is 1. The SMILES string of the molecule is CCCC(CCC)C(=O)c1ccc(C(C)(C)C)s1. The topological polar surface area (TPSA) is 17.1 Å². The largest absolute Gasteiger partial charge is 0.293 e. The molecule has 0 bridgehead atoms. The van der Waals surface area contributed by atoms with Crippen molar-refractivity contribution in [1.29, 1.82) is 0 Å². The predicted molar refractivity (Wildman–Crippen MR) is 80.7 cm³/mol. The number of thiophene rings is 1. The van der Waals surface area contributed by atoms with Crippen LogP contribution in [0.25, 0.3) is 0 Å². The third kappa shape index (κ3) is 3.94. The second kappa shape index (κ2) is 6.51. The molecule has 1 aromatic heterocycles. The van der Waals surface area contributed by atoms with Crippen LogP contribution in [0.5, 0.6) is 0 Å². The van der Waals surface area contributed by atoms with Crippen LogP contribution in [0.3, 0.4) is 0 Å². The van der Waals surface area contributed by atoms with Crippen LogP contribution < -0.4 is 0 Å². The Bertz CT molecular complexity index is 378. The zero-order valence-electron chi connectivity index (χ0n) is 12.4. The van der Waals surface area contributed by atoms with E-state index in [1.54, 1.807) is 11.3 Å². The van der Waals surface area contributed by atoms with Crippen LogP contribution in [0.4, 0.5) is 0 Å². The Morgan fingerprint density at radius 2 is 1.72 bits per heavy atom. The third-order valence-electron chi connectivity index (χ3n) is 3.23. The minimum absolute atomic E-state index is 0.147. The fourth-order valence-corrected chi connectivity index (χ4v) is 3.26. The Morgan fingerprint density at radius 3 is 2.11 bits per heavy atom. The van der Waals surface area contributed by atoms with E-state index in [1.807, 2.05) is 6.07 Å². The molecule has 1 nitrogen and oxygen atoms in total. The lowest BCUT2D eigenvalue weighted by atomic mass is 9.92. The molecular formula is C16H26OS. The van der Waals surface area contributed by atoms with Crippen LogP contribution >= 0.6 is 11.3 Å². The van der Waals surface area contributed by atoms with E-state index >= 15 is 0 Å². The van der Waals surface area contributed by atoms with Crippen molar-refractivity contribution in [1.82, 2.24) is 0 Å². The van der Waals surface area contributed by atoms with Crippen LogP contribution in [-0.2, 0) is 5.41 Å². The second-order valence-electron chi connectivity index (χ2n) is 6.05. The molecule has 0 aliphatic rings. The van der Waals surface area contributed by atoms with E-state index in [9.17, 15) is 4.79 Å². The van der Waals surface area contributed by atoms with Crippen molar-refractivity contribution in [3.63, 3.8) is 0 Å². The summed E-state index contributed by atoms with van der Waals surface area (Å²) in [6.07, 6.45) is 4.23. The van der Waals surface area contributed by atoms with Gasteiger partial charge in [0.15, 0.2) is 5.78 Å². The van der Waals surface area contributed by atoms with Crippen molar-refractivity contribution >= 4 is 17.1 Å². The highest BCUT2D eigenvalue weighted by Crippen LogP contribution is 2.31. The van der Waals surface area contributed by atoms with Crippen molar-refractivity contribution in [3.05, 3.63) is 21.9 Å². The van der Waals surface area contributed by atoms with Gasteiger partial charge in [-0.05, 0) is 30.4 Å². The first-order valence-electron chi connectivity index (χ1n) is 7.04. The molecule has 1 aromatic rings. The molecule has 0 amide bonds. The highest BCUT2D eigenvalue weighted by atomic mass is 32.1. The lowest BCUT2D eigenvalue weighted by Gasteiger charge is -2.16. The van der Waals surface area contributed by atoms with Gasteiger partial charge in [-0.15, -0.1) is 11.3 Å². The van der Waals surface area contributed by atoms with Gasteiger partial charge in [-0.2, -0.15) is 0 Å². The number of hydrogen-bond acceptors (Lipinski definition) is 2. The first-order chi connectivity index (χ1) is 8.40. The first kappa shape index (κ1) is 15.4. The van der Waals surface area contributed by atoms with Gasteiger partial charge in [-0.3, -0.25) is 4.79 Å². The van der Waals surface area contributed by atoms with Crippen LogP contribution in [-0.4, -0.2) is 5.78 Å². The summed E-state index contributed by atoms with van der Waals surface area (Å²) in [5.74, 6) is 0.589. The number of ketones is 1. The van der Waals surface area contributed by atoms with Crippen molar-refractivity contribution < 1.29 is 4.79 Å². The van der Waals surface area contributed by atoms with Crippen LogP contribution in [0.15, 0.2) is 12.1 Å². The van der Waals surface area contributed by atoms with Gasteiger partial charge in [0.1, 0.15) is 0 Å². The number of carbonyl (C=O) groups is 1. The molecular weight excluding hydrogens is 240 g/mol. The summed E-state index contributed by atoms with van der Waals surface area (Å²) >= 11 is 1.68. The maximum absolute atomic E-state index is 12.5. The van der Waals surface area contributed by atoms with E-state index in [0.717, 1.165) is 30.6 Å². The minimum Gasteiger partial charge on any atom is -0.293 e. The zero-order valence-corrected chi connectivity index (χ0v) is 13.2. The van der Waals surface area contributed by atoms with E-state index in [2.05, 4.69) is 40.7 Å². The lowest BCUT2D eigenvalue weighted by molar-refractivity contribution is 0.0909. The number of Topliss-reactive ketones (excluding diaryl/α,β-unsaturated/α-hetero) is 1. The van der Waals surface area contributed by atoms with Gasteiger partial charge in [0.25, 0.3) is 0 Å². The van der Waals surface area contributed by atoms with Crippen molar-refractivity contribution in [3.8, 4) is 0 Å². The monoisotopic (exact) mass is 266 g/mol. The molecule has 0 aromatic carbocycles. The van der Waals surface area contributed by atoms with Gasteiger partial charge in [-0.1, -0.05) is 47.5 Å². The maximum Gasteiger partial charge on any atom is 0.175 e. The molecule has 0 spiro atoms. The second-order valence-corrected chi connectivity index (χ2v) is 7.14. The molecule has 0 atom stereocenters. The molecule has 1 rings (SSSR count). The molecule has 0 saturated carbocycles. The van der Waals surface area contributed by atoms with Crippen LogP contribution in [0.2, 0.25) is 0 Å². The van der Waals surface area contributed by atoms with Gasteiger partial charge in [0.2, 0.25) is 0 Å². The summed E-state index contributed by atoms with van der Waals surface area (Å²) in [5, 5.41) is 0. The van der Waals surface area contributed by atoms with Crippen molar-refractivity contribution in [2.24, 2.45) is 5.92 Å². The third-order valence-corrected chi connectivity index (χ3v) is 4.76. The lowest BCUT2D eigenvalue weighted by Crippen LogP contribution is -2.13. The van der Waals surface area contributed by atoms with E-state index in [1.165, 1.54) is 4.88 Å². The summed E-state index contributed by atoms with van der Waals surface area (Å²) in [5.41, 5.74) is 0.147. The fraction of sp³-hybridized carbons (Fsp3) is 0.688. The molecule has 0 radical (unpaired) electrons. The Hall–Kier alpha value is -0.630. The number of hydrogen-bond donors (Lipinski definition) is 0. The quantitative estimate of drug-likeness (QED) is 0.626. The average Bonchev–Trinajstić information content (AvgIpc) is 2.76. The molecule has 0 N–H and O–H groups in total. The molecule has 0 unspecified atom stereocenters. The maximum atomic E-state index is 12.5. The molecule has 0 saturated heterocycles. The van der Waals surface area contributed by atoms with Gasteiger partial charge in [0.05, 0.1) is 4.88 Å². The zero-order chi connectivity index (χ0) is 13.8. The van der Waals surface area contributed by atoms with E-state index in [4.69, 9.17) is 0 Å². The molecule has 1 heterocycles. The normalized spacial score (nSPS) is 12.1. The van der Waals surface area contributed by atoms with Crippen LogP contribution in [0.1, 0.15) is 74.9 Å². The highest BCUT2D eigenvalue weighted by molar-refractivity contribution is 7.14. The van der Waals surface area contributed by atoms with Crippen LogP contribution in [0, 0.1) is 5.92 Å². The molecule has 0 fully saturated rings. The molecule has 2 heteroatoms. The van der Waals surface area contributed by atoms with Gasteiger partial charge in [0, 0.05) is 10.8 Å². The van der Waals surface area contributed by atoms with Gasteiger partial charge in [-0.25, -0.2) is 0 Å². The van der Waals surface area contributed by atoms with Gasteiger partial charge < -0.3 is 0 Å². The summed E-state index contributed by atoms with van der Waals surface area (Å²) in [4.78, 5) is 14.7. The smallest absolute Gasteiger partial charge is 0.175 e. The van der Waals surface area contributed by atoms with Crippen molar-refractivity contribution in [2.75, 3.05) is 0 Å². The molecule has 102 valence electrons. The van der Waals surface area contributed by atoms with Crippen molar-refractivity contribution in [2.45, 2.75) is 65.7 Å². The van der Waals surface area contributed by atoms with Gasteiger partial charge >= 0.3 is 0 Å². The minimum atomic E-state index is 0.147. The summed E-state index contributed by atoms with van der Waals surface area (Å²) in [6, 6.07) is 4.14. The summed E-state index contributed by atoms with van der Waals surface area (Å²) in [6.45, 7) is 10.9. The average molecular weight is 266 g/mol. The predicted octanol–water partition coefficient (Wildman–Crippen LogP) is 5.44. The molecule has 0 aliphatic carbocycles. The Kier molecular flexibility index (Phi) is 5.58. The molecule has 18 heavy (non-hydrogen) atoms. The molecule has 0 aliphatic heterocycles.